The summed E-state index contributed by atoms with van der Waals surface area (Å²) in [5.41, 5.74) is 0. The molecule has 2 nitrogen and oxygen atoms in total. The van der Waals surface area contributed by atoms with Crippen LogP contribution in [0.4, 0.5) is 8.78 Å². The van der Waals surface area contributed by atoms with E-state index in [1.54, 1.807) is 0 Å². The zero-order chi connectivity index (χ0) is 12.0. The van der Waals surface area contributed by atoms with Crippen LogP contribution in [0.25, 0.3) is 0 Å². The number of rotatable bonds is 6. The molecule has 1 unspecified atom stereocenters. The molecule has 0 aromatic heterocycles. The highest BCUT2D eigenvalue weighted by molar-refractivity contribution is 7.99. The number of hydrogen-bond donors (Lipinski definition) is 2. The third-order valence-corrected chi connectivity index (χ3v) is 3.10. The van der Waals surface area contributed by atoms with Gasteiger partial charge in [-0.25, -0.2) is 8.78 Å². The molecule has 90 valence electrons. The van der Waals surface area contributed by atoms with Crippen molar-refractivity contribution in [1.29, 1.82) is 0 Å². The smallest absolute Gasteiger partial charge is 0.159 e. The van der Waals surface area contributed by atoms with Gasteiger partial charge in [-0.3, -0.25) is 0 Å². The molecule has 2 N–H and O–H groups in total. The fourth-order valence-corrected chi connectivity index (χ4v) is 1.98. The standard InChI is InChI=1S/C11H15F2NOS/c1-2-14-6-8(15)7-16-9-3-4-10(12)11(13)5-9/h3-5,8,14-15H,2,6-7H2,1H3. The summed E-state index contributed by atoms with van der Waals surface area (Å²) in [5.74, 6) is -1.25. The van der Waals surface area contributed by atoms with Crippen molar-refractivity contribution in [1.82, 2.24) is 5.32 Å². The summed E-state index contributed by atoms with van der Waals surface area (Å²) >= 11 is 1.31. The van der Waals surface area contributed by atoms with Crippen LogP contribution in [0.1, 0.15) is 6.92 Å². The van der Waals surface area contributed by atoms with Crippen LogP contribution in [0.5, 0.6) is 0 Å². The van der Waals surface area contributed by atoms with E-state index < -0.39 is 17.7 Å². The maximum absolute atomic E-state index is 12.8. The van der Waals surface area contributed by atoms with Gasteiger partial charge in [-0.05, 0) is 24.7 Å². The molecular formula is C11H15F2NOS. The second-order valence-electron chi connectivity index (χ2n) is 3.35. The first-order chi connectivity index (χ1) is 7.63. The van der Waals surface area contributed by atoms with Crippen LogP contribution in [-0.2, 0) is 0 Å². The second kappa shape index (κ2) is 6.83. The molecule has 0 heterocycles. The van der Waals surface area contributed by atoms with Gasteiger partial charge in [-0.1, -0.05) is 6.92 Å². The topological polar surface area (TPSA) is 32.3 Å². The number of nitrogens with one attached hydrogen (secondary N) is 1. The molecule has 0 aliphatic rings. The quantitative estimate of drug-likeness (QED) is 0.754. The zero-order valence-corrected chi connectivity index (χ0v) is 9.86. The van der Waals surface area contributed by atoms with Gasteiger partial charge in [0.1, 0.15) is 0 Å². The summed E-state index contributed by atoms with van der Waals surface area (Å²) < 4.78 is 25.5. The molecule has 0 saturated carbocycles. The molecule has 0 bridgehead atoms. The second-order valence-corrected chi connectivity index (χ2v) is 4.44. The van der Waals surface area contributed by atoms with Crippen LogP contribution in [-0.4, -0.2) is 30.1 Å². The van der Waals surface area contributed by atoms with Crippen molar-refractivity contribution >= 4 is 11.8 Å². The third kappa shape index (κ3) is 4.47. The fraction of sp³-hybridized carbons (Fsp3) is 0.455. The van der Waals surface area contributed by atoms with Crippen molar-refractivity contribution in [2.45, 2.75) is 17.9 Å². The maximum Gasteiger partial charge on any atom is 0.159 e. The van der Waals surface area contributed by atoms with Gasteiger partial charge in [0.15, 0.2) is 11.6 Å². The van der Waals surface area contributed by atoms with Crippen molar-refractivity contribution in [2.24, 2.45) is 0 Å². The largest absolute Gasteiger partial charge is 0.391 e. The van der Waals surface area contributed by atoms with E-state index >= 15 is 0 Å². The SMILES string of the molecule is CCNCC(O)CSc1ccc(F)c(F)c1. The summed E-state index contributed by atoms with van der Waals surface area (Å²) in [7, 11) is 0. The number of thioether (sulfide) groups is 1. The number of benzene rings is 1. The number of hydrogen-bond acceptors (Lipinski definition) is 3. The van der Waals surface area contributed by atoms with E-state index in [1.165, 1.54) is 17.8 Å². The number of aliphatic hydroxyl groups is 1. The molecular weight excluding hydrogens is 232 g/mol. The Hall–Kier alpha value is -0.650. The predicted octanol–water partition coefficient (Wildman–Crippen LogP) is 2.03. The van der Waals surface area contributed by atoms with Crippen molar-refractivity contribution in [3.63, 3.8) is 0 Å². The summed E-state index contributed by atoms with van der Waals surface area (Å²) in [4.78, 5) is 0.620. The highest BCUT2D eigenvalue weighted by atomic mass is 32.2. The number of aliphatic hydroxyl groups excluding tert-OH is 1. The van der Waals surface area contributed by atoms with Gasteiger partial charge in [0.05, 0.1) is 6.10 Å². The normalized spacial score (nSPS) is 12.8. The lowest BCUT2D eigenvalue weighted by Gasteiger charge is -2.10. The summed E-state index contributed by atoms with van der Waals surface area (Å²) in [6.45, 7) is 3.26. The zero-order valence-electron chi connectivity index (χ0n) is 9.04. The van der Waals surface area contributed by atoms with E-state index in [2.05, 4.69) is 5.32 Å². The van der Waals surface area contributed by atoms with E-state index in [1.807, 2.05) is 6.92 Å². The van der Waals surface area contributed by atoms with Crippen LogP contribution in [0.3, 0.4) is 0 Å². The molecule has 0 aliphatic carbocycles. The minimum Gasteiger partial charge on any atom is -0.391 e. The molecule has 0 spiro atoms. The Morgan fingerprint density at radius 3 is 2.75 bits per heavy atom. The van der Waals surface area contributed by atoms with Crippen molar-refractivity contribution in [3.05, 3.63) is 29.8 Å². The first-order valence-electron chi connectivity index (χ1n) is 5.10. The first-order valence-corrected chi connectivity index (χ1v) is 6.08. The Balaban J connectivity index is 2.39. The van der Waals surface area contributed by atoms with Gasteiger partial charge < -0.3 is 10.4 Å². The Labute approximate surface area is 98.1 Å². The Morgan fingerprint density at radius 1 is 1.38 bits per heavy atom. The lowest BCUT2D eigenvalue weighted by molar-refractivity contribution is 0.197. The Bertz CT molecular complexity index is 336. The van der Waals surface area contributed by atoms with E-state index in [-0.39, 0.29) is 0 Å². The minimum absolute atomic E-state index is 0.456. The van der Waals surface area contributed by atoms with Gasteiger partial charge in [0.2, 0.25) is 0 Å². The first kappa shape index (κ1) is 13.4. The molecule has 0 saturated heterocycles. The van der Waals surface area contributed by atoms with Crippen LogP contribution in [0.2, 0.25) is 0 Å². The van der Waals surface area contributed by atoms with Crippen LogP contribution < -0.4 is 5.32 Å². The molecule has 1 aromatic carbocycles. The van der Waals surface area contributed by atoms with Crippen LogP contribution >= 0.6 is 11.8 Å². The fourth-order valence-electron chi connectivity index (χ4n) is 1.13. The molecule has 5 heteroatoms. The lowest BCUT2D eigenvalue weighted by Crippen LogP contribution is -2.28. The van der Waals surface area contributed by atoms with Crippen LogP contribution in [0.15, 0.2) is 23.1 Å². The molecule has 1 atom stereocenters. The highest BCUT2D eigenvalue weighted by Crippen LogP contribution is 2.20. The van der Waals surface area contributed by atoms with Crippen molar-refractivity contribution in [2.75, 3.05) is 18.8 Å². The van der Waals surface area contributed by atoms with Gasteiger partial charge in [0, 0.05) is 17.2 Å². The molecule has 0 radical (unpaired) electrons. The third-order valence-electron chi connectivity index (χ3n) is 1.96. The van der Waals surface area contributed by atoms with Gasteiger partial charge in [-0.2, -0.15) is 0 Å². The maximum atomic E-state index is 12.8. The van der Waals surface area contributed by atoms with E-state index in [0.29, 0.717) is 17.2 Å². The van der Waals surface area contributed by atoms with Gasteiger partial charge in [0.25, 0.3) is 0 Å². The van der Waals surface area contributed by atoms with Gasteiger partial charge >= 0.3 is 0 Å². The molecule has 0 amide bonds. The van der Waals surface area contributed by atoms with Crippen LogP contribution in [0, 0.1) is 11.6 Å². The number of likely N-dealkylation sites (N-methyl/N-ethyl adjacent to an activating group) is 1. The monoisotopic (exact) mass is 247 g/mol. The molecule has 0 fully saturated rings. The predicted molar refractivity (Wildman–Crippen MR) is 61.6 cm³/mol. The van der Waals surface area contributed by atoms with Crippen molar-refractivity contribution < 1.29 is 13.9 Å². The molecule has 0 aliphatic heterocycles. The summed E-state index contributed by atoms with van der Waals surface area (Å²) in [6.07, 6.45) is -0.488. The van der Waals surface area contributed by atoms with Crippen molar-refractivity contribution in [3.8, 4) is 0 Å². The average Bonchev–Trinajstić information content (AvgIpc) is 2.28. The van der Waals surface area contributed by atoms with Gasteiger partial charge in [-0.15, -0.1) is 11.8 Å². The molecule has 1 rings (SSSR count). The van der Waals surface area contributed by atoms with E-state index in [9.17, 15) is 13.9 Å². The Kier molecular flexibility index (Phi) is 5.73. The average molecular weight is 247 g/mol. The lowest BCUT2D eigenvalue weighted by atomic mass is 10.3. The Morgan fingerprint density at radius 2 is 2.12 bits per heavy atom. The van der Waals surface area contributed by atoms with E-state index in [0.717, 1.165) is 18.7 Å². The number of halogens is 2. The molecule has 1 aromatic rings. The minimum atomic E-state index is -0.855. The summed E-state index contributed by atoms with van der Waals surface area (Å²) in [6, 6.07) is 3.73. The summed E-state index contributed by atoms with van der Waals surface area (Å²) in [5, 5.41) is 12.5. The van der Waals surface area contributed by atoms with E-state index in [4.69, 9.17) is 0 Å². The highest BCUT2D eigenvalue weighted by Gasteiger charge is 2.06. The molecule has 16 heavy (non-hydrogen) atoms.